The molecule has 0 bridgehead atoms. The fraction of sp³-hybridized carbons (Fsp3) is 0.833. The van der Waals surface area contributed by atoms with Crippen molar-refractivity contribution in [3.8, 4) is 0 Å². The number of carboxylic acid groups (broad SMARTS) is 1. The predicted molar refractivity (Wildman–Crippen MR) is 73.6 cm³/mol. The average molecular weight is 306 g/mol. The summed E-state index contributed by atoms with van der Waals surface area (Å²) in [6.45, 7) is 4.15. The summed E-state index contributed by atoms with van der Waals surface area (Å²) >= 11 is 0. The normalized spacial score (nSPS) is 21.3. The molecule has 1 amide bonds. The van der Waals surface area contributed by atoms with Crippen molar-refractivity contribution in [2.24, 2.45) is 5.92 Å². The number of aliphatic carboxylic acids is 1. The van der Waals surface area contributed by atoms with Crippen LogP contribution in [0.3, 0.4) is 0 Å². The van der Waals surface area contributed by atoms with Crippen molar-refractivity contribution in [1.82, 2.24) is 9.62 Å². The fourth-order valence-corrected chi connectivity index (χ4v) is 3.63. The molecule has 0 aromatic carbocycles. The van der Waals surface area contributed by atoms with Crippen LogP contribution >= 0.6 is 0 Å². The van der Waals surface area contributed by atoms with Crippen molar-refractivity contribution in [1.29, 1.82) is 0 Å². The zero-order chi connectivity index (χ0) is 15.3. The standard InChI is InChI=1S/C12H22N2O5S/c1-3-9(2)11(12(16)17)13-10(15)5-7-14-6-4-8-20(14,18)19/h9,11H,3-8H2,1-2H3,(H,13,15)(H,16,17)/t9-,11-/m0/s1. The molecular weight excluding hydrogens is 284 g/mol. The third kappa shape index (κ3) is 4.45. The zero-order valence-electron chi connectivity index (χ0n) is 11.8. The lowest BCUT2D eigenvalue weighted by Crippen LogP contribution is -2.45. The molecule has 1 fully saturated rings. The van der Waals surface area contributed by atoms with Gasteiger partial charge >= 0.3 is 5.97 Å². The largest absolute Gasteiger partial charge is 0.480 e. The highest BCUT2D eigenvalue weighted by atomic mass is 32.2. The summed E-state index contributed by atoms with van der Waals surface area (Å²) in [7, 11) is -3.21. The topological polar surface area (TPSA) is 104 Å². The Bertz CT molecular complexity index is 462. The highest BCUT2D eigenvalue weighted by molar-refractivity contribution is 7.89. The molecule has 0 aliphatic carbocycles. The van der Waals surface area contributed by atoms with Crippen molar-refractivity contribution in [2.45, 2.75) is 39.2 Å². The summed E-state index contributed by atoms with van der Waals surface area (Å²) in [6, 6.07) is -0.928. The molecular formula is C12H22N2O5S. The minimum atomic E-state index is -3.21. The lowest BCUT2D eigenvalue weighted by Gasteiger charge is -2.21. The lowest BCUT2D eigenvalue weighted by atomic mass is 9.99. The van der Waals surface area contributed by atoms with Crippen molar-refractivity contribution in [3.05, 3.63) is 0 Å². The van der Waals surface area contributed by atoms with E-state index >= 15 is 0 Å². The molecule has 8 heteroatoms. The molecule has 0 saturated carbocycles. The highest BCUT2D eigenvalue weighted by Gasteiger charge is 2.29. The number of carbonyl (C=O) groups excluding carboxylic acids is 1. The first kappa shape index (κ1) is 16.9. The van der Waals surface area contributed by atoms with Gasteiger partial charge in [0.15, 0.2) is 0 Å². The molecule has 2 atom stereocenters. The van der Waals surface area contributed by atoms with Crippen LogP contribution in [0.5, 0.6) is 0 Å². The van der Waals surface area contributed by atoms with Crippen LogP contribution in [0.1, 0.15) is 33.1 Å². The molecule has 1 heterocycles. The van der Waals surface area contributed by atoms with E-state index in [0.717, 1.165) is 0 Å². The maximum absolute atomic E-state index is 11.8. The maximum Gasteiger partial charge on any atom is 0.326 e. The van der Waals surface area contributed by atoms with Gasteiger partial charge in [0.25, 0.3) is 0 Å². The number of nitrogens with one attached hydrogen (secondary N) is 1. The first-order chi connectivity index (χ1) is 9.27. The second-order valence-corrected chi connectivity index (χ2v) is 7.18. The molecule has 116 valence electrons. The first-order valence-corrected chi connectivity index (χ1v) is 8.39. The van der Waals surface area contributed by atoms with E-state index in [0.29, 0.717) is 19.4 Å². The van der Waals surface area contributed by atoms with Gasteiger partial charge < -0.3 is 10.4 Å². The third-order valence-electron chi connectivity index (χ3n) is 3.59. The number of carboxylic acids is 1. The van der Waals surface area contributed by atoms with Crippen LogP contribution in [0.2, 0.25) is 0 Å². The predicted octanol–water partition coefficient (Wildman–Crippen LogP) is 0.0275. The van der Waals surface area contributed by atoms with Gasteiger partial charge in [-0.05, 0) is 12.3 Å². The first-order valence-electron chi connectivity index (χ1n) is 6.78. The van der Waals surface area contributed by atoms with E-state index in [-0.39, 0.29) is 24.6 Å². The van der Waals surface area contributed by atoms with Crippen molar-refractivity contribution in [2.75, 3.05) is 18.8 Å². The minimum absolute atomic E-state index is 0.0144. The van der Waals surface area contributed by atoms with Crippen LogP contribution in [0, 0.1) is 5.92 Å². The molecule has 1 aliphatic rings. The molecule has 0 radical (unpaired) electrons. The van der Waals surface area contributed by atoms with Gasteiger partial charge in [-0.15, -0.1) is 0 Å². The molecule has 20 heavy (non-hydrogen) atoms. The van der Waals surface area contributed by atoms with E-state index in [9.17, 15) is 18.0 Å². The Hall–Kier alpha value is -1.15. The molecule has 7 nitrogen and oxygen atoms in total. The maximum atomic E-state index is 11.8. The van der Waals surface area contributed by atoms with E-state index < -0.39 is 27.9 Å². The van der Waals surface area contributed by atoms with Crippen LogP contribution in [-0.4, -0.2) is 54.6 Å². The van der Waals surface area contributed by atoms with Gasteiger partial charge in [0.2, 0.25) is 15.9 Å². The second kappa shape index (κ2) is 7.03. The Morgan fingerprint density at radius 3 is 2.50 bits per heavy atom. The SMILES string of the molecule is CC[C@H](C)[C@H](NC(=O)CCN1CCCS1(=O)=O)C(=O)O. The van der Waals surface area contributed by atoms with Crippen molar-refractivity contribution < 1.29 is 23.1 Å². The van der Waals surface area contributed by atoms with Crippen LogP contribution < -0.4 is 5.32 Å². The molecule has 0 aromatic rings. The van der Waals surface area contributed by atoms with E-state index in [2.05, 4.69) is 5.32 Å². The smallest absolute Gasteiger partial charge is 0.326 e. The quantitative estimate of drug-likeness (QED) is 0.690. The van der Waals surface area contributed by atoms with Crippen LogP contribution in [0.25, 0.3) is 0 Å². The van der Waals surface area contributed by atoms with Gasteiger partial charge in [-0.25, -0.2) is 17.5 Å². The summed E-state index contributed by atoms with van der Waals surface area (Å²) in [5.41, 5.74) is 0. The number of sulfonamides is 1. The van der Waals surface area contributed by atoms with Gasteiger partial charge in [-0.3, -0.25) is 4.79 Å². The monoisotopic (exact) mass is 306 g/mol. The van der Waals surface area contributed by atoms with E-state index in [1.165, 1.54) is 4.31 Å². The third-order valence-corrected chi connectivity index (χ3v) is 5.54. The Labute approximate surface area is 119 Å². The highest BCUT2D eigenvalue weighted by Crippen LogP contribution is 2.13. The number of nitrogens with zero attached hydrogens (tertiary/aromatic N) is 1. The lowest BCUT2D eigenvalue weighted by molar-refractivity contribution is -0.143. The van der Waals surface area contributed by atoms with Crippen molar-refractivity contribution in [3.63, 3.8) is 0 Å². The molecule has 0 spiro atoms. The van der Waals surface area contributed by atoms with E-state index in [1.807, 2.05) is 6.92 Å². The Kier molecular flexibility index (Phi) is 5.94. The van der Waals surface area contributed by atoms with Crippen LogP contribution in [0.4, 0.5) is 0 Å². The van der Waals surface area contributed by atoms with Crippen molar-refractivity contribution >= 4 is 21.9 Å². The minimum Gasteiger partial charge on any atom is -0.480 e. The van der Waals surface area contributed by atoms with Gasteiger partial charge in [-0.2, -0.15) is 0 Å². The number of rotatable bonds is 7. The summed E-state index contributed by atoms with van der Waals surface area (Å²) in [4.78, 5) is 22.8. The number of hydrogen-bond donors (Lipinski definition) is 2. The van der Waals surface area contributed by atoms with E-state index in [1.54, 1.807) is 6.92 Å². The fourth-order valence-electron chi connectivity index (χ4n) is 2.10. The van der Waals surface area contributed by atoms with Crippen LogP contribution in [0.15, 0.2) is 0 Å². The average Bonchev–Trinajstić information content (AvgIpc) is 2.71. The summed E-state index contributed by atoms with van der Waals surface area (Å²) < 4.78 is 24.4. The van der Waals surface area contributed by atoms with Gasteiger partial charge in [-0.1, -0.05) is 20.3 Å². The number of amides is 1. The summed E-state index contributed by atoms with van der Waals surface area (Å²) in [6.07, 6.45) is 1.20. The number of carbonyl (C=O) groups is 2. The second-order valence-electron chi connectivity index (χ2n) is 5.09. The van der Waals surface area contributed by atoms with Gasteiger partial charge in [0.05, 0.1) is 5.75 Å². The molecule has 0 unspecified atom stereocenters. The number of hydrogen-bond acceptors (Lipinski definition) is 4. The molecule has 1 saturated heterocycles. The van der Waals surface area contributed by atoms with Gasteiger partial charge in [0.1, 0.15) is 6.04 Å². The zero-order valence-corrected chi connectivity index (χ0v) is 12.6. The molecule has 2 N–H and O–H groups in total. The van der Waals surface area contributed by atoms with Crippen LogP contribution in [-0.2, 0) is 19.6 Å². The Morgan fingerprint density at radius 2 is 2.05 bits per heavy atom. The summed E-state index contributed by atoms with van der Waals surface area (Å²) in [5.74, 6) is -1.55. The molecule has 1 aliphatic heterocycles. The van der Waals surface area contributed by atoms with Gasteiger partial charge in [0, 0.05) is 19.5 Å². The molecule has 1 rings (SSSR count). The Balaban J connectivity index is 2.48. The van der Waals surface area contributed by atoms with E-state index in [4.69, 9.17) is 5.11 Å². The summed E-state index contributed by atoms with van der Waals surface area (Å²) in [5, 5.41) is 11.5. The Morgan fingerprint density at radius 1 is 1.40 bits per heavy atom. The molecule has 0 aromatic heterocycles.